The van der Waals surface area contributed by atoms with Crippen LogP contribution in [0.15, 0.2) is 60.7 Å². The number of ether oxygens (including phenoxy) is 1. The second-order valence-corrected chi connectivity index (χ2v) is 12.4. The lowest BCUT2D eigenvalue weighted by Crippen LogP contribution is -2.60. The van der Waals surface area contributed by atoms with Crippen LogP contribution in [-0.4, -0.2) is 57.0 Å². The maximum atomic E-state index is 13.7. The van der Waals surface area contributed by atoms with Crippen molar-refractivity contribution in [2.45, 2.75) is 98.2 Å². The van der Waals surface area contributed by atoms with Crippen molar-refractivity contribution in [3.05, 3.63) is 71.8 Å². The third kappa shape index (κ3) is 11.1. The molecule has 7 nitrogen and oxygen atoms in total. The Balaban J connectivity index is 2.55. The van der Waals surface area contributed by atoms with Gasteiger partial charge in [-0.25, -0.2) is 9.59 Å². The number of benzene rings is 2. The molecular formula is C31H47N3O4. The Morgan fingerprint density at radius 1 is 0.868 bits per heavy atom. The van der Waals surface area contributed by atoms with Crippen LogP contribution in [-0.2, 0) is 17.7 Å². The molecule has 1 unspecified atom stereocenters. The molecule has 2 atom stereocenters. The van der Waals surface area contributed by atoms with Crippen LogP contribution >= 0.6 is 0 Å². The minimum atomic E-state index is -0.791. The number of nitrogens with one attached hydrogen (secondary N) is 1. The van der Waals surface area contributed by atoms with Crippen molar-refractivity contribution < 1.29 is 19.4 Å². The zero-order valence-corrected chi connectivity index (χ0v) is 24.4. The van der Waals surface area contributed by atoms with Crippen LogP contribution in [0.3, 0.4) is 0 Å². The number of hydrogen-bond donors (Lipinski definition) is 2. The predicted molar refractivity (Wildman–Crippen MR) is 153 cm³/mol. The van der Waals surface area contributed by atoms with Crippen LogP contribution < -0.4 is 5.32 Å². The molecule has 2 aromatic rings. The van der Waals surface area contributed by atoms with Crippen molar-refractivity contribution in [1.82, 2.24) is 15.1 Å². The van der Waals surface area contributed by atoms with Gasteiger partial charge in [0.25, 0.3) is 0 Å². The summed E-state index contributed by atoms with van der Waals surface area (Å²) in [5.74, 6) is 0.131. The average Bonchev–Trinajstić information content (AvgIpc) is 2.79. The van der Waals surface area contributed by atoms with E-state index in [-0.39, 0.29) is 24.9 Å². The first-order valence-corrected chi connectivity index (χ1v) is 13.5. The molecule has 2 rings (SSSR count). The number of aliphatic hydroxyl groups excluding tert-OH is 1. The standard InChI is InChI=1S/C31H47N3O4/c1-23(2)21-33(28(36)32-30(3,4)5)27(20-26(35)19-24-15-11-9-12-16-24)34(29(37)38-31(6,7)8)22-25-17-13-10-14-18-25/h9-18,23,26-27,35H,19-22H2,1-8H3,(H,32,36)/t26-,27?/m0/s1. The Hall–Kier alpha value is -3.06. The molecule has 0 spiro atoms. The second-order valence-electron chi connectivity index (χ2n) is 12.4. The molecule has 0 bridgehead atoms. The van der Waals surface area contributed by atoms with Gasteiger partial charge in [-0.1, -0.05) is 74.5 Å². The van der Waals surface area contributed by atoms with Crippen LogP contribution in [0.4, 0.5) is 9.59 Å². The van der Waals surface area contributed by atoms with E-state index in [0.717, 1.165) is 11.1 Å². The Morgan fingerprint density at radius 3 is 1.87 bits per heavy atom. The summed E-state index contributed by atoms with van der Waals surface area (Å²) in [5, 5.41) is 14.3. The van der Waals surface area contributed by atoms with E-state index >= 15 is 0 Å². The smallest absolute Gasteiger partial charge is 0.412 e. The summed E-state index contributed by atoms with van der Waals surface area (Å²) in [6.07, 6.45) is -1.49. The lowest BCUT2D eigenvalue weighted by atomic mass is 10.0. The number of amides is 3. The van der Waals surface area contributed by atoms with E-state index in [0.29, 0.717) is 13.0 Å². The maximum absolute atomic E-state index is 13.7. The number of rotatable bonds is 10. The molecule has 0 fully saturated rings. The van der Waals surface area contributed by atoms with Crippen LogP contribution in [0, 0.1) is 5.92 Å². The van der Waals surface area contributed by atoms with Gasteiger partial charge < -0.3 is 20.1 Å². The summed E-state index contributed by atoms with van der Waals surface area (Å²) in [4.78, 5) is 30.7. The van der Waals surface area contributed by atoms with E-state index in [1.165, 1.54) is 0 Å². The first-order chi connectivity index (χ1) is 17.6. The van der Waals surface area contributed by atoms with Gasteiger partial charge in [-0.2, -0.15) is 0 Å². The van der Waals surface area contributed by atoms with E-state index in [2.05, 4.69) is 5.32 Å². The fourth-order valence-electron chi connectivity index (χ4n) is 4.15. The van der Waals surface area contributed by atoms with E-state index in [4.69, 9.17) is 4.74 Å². The van der Waals surface area contributed by atoms with Gasteiger partial charge in [-0.15, -0.1) is 0 Å². The van der Waals surface area contributed by atoms with Gasteiger partial charge in [-0.05, 0) is 65.0 Å². The van der Waals surface area contributed by atoms with Gasteiger partial charge in [0.05, 0.1) is 12.6 Å². The molecule has 38 heavy (non-hydrogen) atoms. The lowest BCUT2D eigenvalue weighted by molar-refractivity contribution is -0.0216. The highest BCUT2D eigenvalue weighted by Gasteiger charge is 2.37. The first kappa shape index (κ1) is 31.2. The first-order valence-electron chi connectivity index (χ1n) is 13.5. The predicted octanol–water partition coefficient (Wildman–Crippen LogP) is 6.21. The fourth-order valence-corrected chi connectivity index (χ4v) is 4.15. The molecule has 210 valence electrons. The normalized spacial score (nSPS) is 13.5. The van der Waals surface area contributed by atoms with E-state index in [9.17, 15) is 14.7 Å². The van der Waals surface area contributed by atoms with Crippen molar-refractivity contribution in [3.8, 4) is 0 Å². The molecule has 3 amide bonds. The fraction of sp³-hybridized carbons (Fsp3) is 0.548. The molecule has 7 heteroatoms. The van der Waals surface area contributed by atoms with Gasteiger partial charge in [-0.3, -0.25) is 4.90 Å². The number of aliphatic hydroxyl groups is 1. The summed E-state index contributed by atoms with van der Waals surface area (Å²) in [5.41, 5.74) is 0.688. The minimum Gasteiger partial charge on any atom is -0.444 e. The van der Waals surface area contributed by atoms with E-state index in [1.807, 2.05) is 116 Å². The highest BCUT2D eigenvalue weighted by Crippen LogP contribution is 2.23. The molecule has 2 N–H and O–H groups in total. The number of carbonyl (C=O) groups is 2. The van der Waals surface area contributed by atoms with Crippen molar-refractivity contribution in [3.63, 3.8) is 0 Å². The molecule has 0 aromatic heterocycles. The minimum absolute atomic E-state index is 0.131. The molecule has 0 radical (unpaired) electrons. The van der Waals surface area contributed by atoms with Crippen molar-refractivity contribution >= 4 is 12.1 Å². The van der Waals surface area contributed by atoms with Crippen molar-refractivity contribution in [2.75, 3.05) is 6.54 Å². The van der Waals surface area contributed by atoms with Crippen LogP contribution in [0.1, 0.15) is 72.9 Å². The average molecular weight is 526 g/mol. The van der Waals surface area contributed by atoms with Gasteiger partial charge in [0.2, 0.25) is 0 Å². The molecule has 0 aliphatic carbocycles. The summed E-state index contributed by atoms with van der Waals surface area (Å²) >= 11 is 0. The summed E-state index contributed by atoms with van der Waals surface area (Å²) in [7, 11) is 0. The largest absolute Gasteiger partial charge is 0.444 e. The van der Waals surface area contributed by atoms with Gasteiger partial charge >= 0.3 is 12.1 Å². The van der Waals surface area contributed by atoms with Gasteiger partial charge in [0.1, 0.15) is 11.8 Å². The molecule has 0 aliphatic heterocycles. The third-order valence-corrected chi connectivity index (χ3v) is 5.64. The molecule has 0 heterocycles. The van der Waals surface area contributed by atoms with Gasteiger partial charge in [0.15, 0.2) is 0 Å². The molecule has 0 aliphatic rings. The highest BCUT2D eigenvalue weighted by atomic mass is 16.6. The quantitative estimate of drug-likeness (QED) is 0.361. The van der Waals surface area contributed by atoms with E-state index in [1.54, 1.807) is 9.80 Å². The molecule has 0 saturated heterocycles. The van der Waals surface area contributed by atoms with Crippen LogP contribution in [0.25, 0.3) is 0 Å². The highest BCUT2D eigenvalue weighted by molar-refractivity contribution is 5.76. The SMILES string of the molecule is CC(C)CN(C(=O)NC(C)(C)C)C(C[C@@H](O)Cc1ccccc1)N(Cc1ccccc1)C(=O)OC(C)(C)C. The maximum Gasteiger partial charge on any atom is 0.412 e. The monoisotopic (exact) mass is 525 g/mol. The zero-order chi connectivity index (χ0) is 28.5. The Kier molecular flexibility index (Phi) is 11.2. The van der Waals surface area contributed by atoms with E-state index < -0.39 is 29.5 Å². The molecule has 2 aromatic carbocycles. The second kappa shape index (κ2) is 13.7. The van der Waals surface area contributed by atoms with Crippen LogP contribution in [0.5, 0.6) is 0 Å². The number of urea groups is 1. The Labute approximate surface area is 229 Å². The number of hydrogen-bond acceptors (Lipinski definition) is 4. The Bertz CT molecular complexity index is 997. The third-order valence-electron chi connectivity index (χ3n) is 5.64. The number of carbonyl (C=O) groups excluding carboxylic acids is 2. The lowest BCUT2D eigenvalue weighted by Gasteiger charge is -2.42. The zero-order valence-electron chi connectivity index (χ0n) is 24.4. The summed E-state index contributed by atoms with van der Waals surface area (Å²) in [6, 6.07) is 19.1. The molecular weight excluding hydrogens is 478 g/mol. The summed E-state index contributed by atoms with van der Waals surface area (Å²) in [6.45, 7) is 15.9. The topological polar surface area (TPSA) is 82.1 Å². The van der Waals surface area contributed by atoms with Crippen molar-refractivity contribution in [2.24, 2.45) is 5.92 Å². The Morgan fingerprint density at radius 2 is 1.39 bits per heavy atom. The van der Waals surface area contributed by atoms with Crippen LogP contribution in [0.2, 0.25) is 0 Å². The van der Waals surface area contributed by atoms with Gasteiger partial charge in [0, 0.05) is 18.5 Å². The van der Waals surface area contributed by atoms with Crippen molar-refractivity contribution in [1.29, 1.82) is 0 Å². The molecule has 0 saturated carbocycles. The number of nitrogens with zero attached hydrogens (tertiary/aromatic N) is 2. The summed E-state index contributed by atoms with van der Waals surface area (Å²) < 4.78 is 5.84.